The Morgan fingerprint density at radius 2 is 1.00 bits per heavy atom. The van der Waals surface area contributed by atoms with Crippen LogP contribution in [-0.4, -0.2) is 6.71 Å². The molecule has 0 radical (unpaired) electrons. The number of hydrogen-bond donors (Lipinski definition) is 0. The smallest absolute Gasteiger partial charge is 0.0686 e. The van der Waals surface area contributed by atoms with Crippen molar-refractivity contribution in [2.24, 2.45) is 0 Å². The first kappa shape index (κ1) is 13.4. The van der Waals surface area contributed by atoms with Gasteiger partial charge in [0.25, 0.3) is 0 Å². The maximum Gasteiger partial charge on any atom is 0.242 e. The van der Waals surface area contributed by atoms with E-state index < -0.39 is 0 Å². The Kier molecular flexibility index (Phi) is 2.97. The van der Waals surface area contributed by atoms with E-state index in [2.05, 4.69) is 81.4 Å². The Balaban J connectivity index is 1.99. The minimum Gasteiger partial charge on any atom is -0.0686 e. The zero-order valence-corrected chi connectivity index (χ0v) is 13.4. The highest BCUT2D eigenvalue weighted by atomic mass is 14.2. The Morgan fingerprint density at radius 3 is 1.50 bits per heavy atom. The largest absolute Gasteiger partial charge is 0.242 e. The second kappa shape index (κ2) is 4.88. The van der Waals surface area contributed by atoms with E-state index in [1.54, 1.807) is 0 Å². The summed E-state index contributed by atoms with van der Waals surface area (Å²) in [6.45, 7) is 6.86. The molecule has 0 amide bonds. The van der Waals surface area contributed by atoms with Crippen molar-refractivity contribution in [1.82, 2.24) is 0 Å². The molecule has 1 aliphatic heterocycles. The first-order chi connectivity index (χ1) is 10.6. The van der Waals surface area contributed by atoms with Gasteiger partial charge in [0.15, 0.2) is 0 Å². The second-order valence-corrected chi connectivity index (χ2v) is 6.53. The third-order valence-electron chi connectivity index (χ3n) is 4.74. The van der Waals surface area contributed by atoms with E-state index in [4.69, 9.17) is 0 Å². The van der Waals surface area contributed by atoms with Crippen LogP contribution in [0.5, 0.6) is 0 Å². The normalized spacial score (nSPS) is 12.2. The highest BCUT2D eigenvalue weighted by Crippen LogP contribution is 2.25. The van der Waals surface area contributed by atoms with Gasteiger partial charge in [-0.3, -0.25) is 0 Å². The average molecular weight is 282 g/mol. The number of aryl methyl sites for hydroxylation is 3. The van der Waals surface area contributed by atoms with Gasteiger partial charge in [-0.25, -0.2) is 0 Å². The van der Waals surface area contributed by atoms with Crippen molar-refractivity contribution < 1.29 is 0 Å². The van der Waals surface area contributed by atoms with Gasteiger partial charge in [0.1, 0.15) is 0 Å². The maximum absolute atomic E-state index is 2.34. The molecule has 0 N–H and O–H groups in total. The summed E-state index contributed by atoms with van der Waals surface area (Å²) in [7, 11) is 0. The van der Waals surface area contributed by atoms with Crippen molar-refractivity contribution in [1.29, 1.82) is 0 Å². The van der Waals surface area contributed by atoms with E-state index in [1.807, 2.05) is 0 Å². The van der Waals surface area contributed by atoms with E-state index in [9.17, 15) is 0 Å². The van der Waals surface area contributed by atoms with Crippen molar-refractivity contribution in [2.45, 2.75) is 20.8 Å². The molecular weight excluding hydrogens is 263 g/mol. The fourth-order valence-electron chi connectivity index (χ4n) is 3.60. The number of hydrogen-bond acceptors (Lipinski definition) is 0. The van der Waals surface area contributed by atoms with Crippen LogP contribution >= 0.6 is 0 Å². The summed E-state index contributed by atoms with van der Waals surface area (Å²) in [5, 5.41) is 0. The van der Waals surface area contributed by atoms with Gasteiger partial charge in [-0.2, -0.15) is 0 Å². The van der Waals surface area contributed by atoms with E-state index in [1.165, 1.54) is 44.2 Å². The molecule has 0 spiro atoms. The van der Waals surface area contributed by atoms with Crippen LogP contribution in [0.15, 0.2) is 60.7 Å². The van der Waals surface area contributed by atoms with Crippen LogP contribution in [0.2, 0.25) is 0 Å². The lowest BCUT2D eigenvalue weighted by atomic mass is 9.39. The predicted molar refractivity (Wildman–Crippen MR) is 97.2 cm³/mol. The molecule has 22 heavy (non-hydrogen) atoms. The first-order valence-corrected chi connectivity index (χ1v) is 7.91. The van der Waals surface area contributed by atoms with Crippen LogP contribution in [0.3, 0.4) is 0 Å². The molecule has 0 saturated carbocycles. The van der Waals surface area contributed by atoms with Crippen molar-refractivity contribution in [3.63, 3.8) is 0 Å². The molecule has 4 rings (SSSR count). The van der Waals surface area contributed by atoms with Gasteiger partial charge in [-0.1, -0.05) is 93.7 Å². The number of fused-ring (bicyclic) bond motifs is 3. The third kappa shape index (κ3) is 2.01. The van der Waals surface area contributed by atoms with Gasteiger partial charge >= 0.3 is 0 Å². The van der Waals surface area contributed by atoms with Gasteiger partial charge < -0.3 is 0 Å². The maximum atomic E-state index is 2.34. The Morgan fingerprint density at radius 1 is 0.545 bits per heavy atom. The topological polar surface area (TPSA) is 0 Å². The van der Waals surface area contributed by atoms with Gasteiger partial charge in [-0.15, -0.1) is 0 Å². The molecule has 0 unspecified atom stereocenters. The molecule has 3 aromatic carbocycles. The van der Waals surface area contributed by atoms with E-state index in [0.29, 0.717) is 6.71 Å². The van der Waals surface area contributed by atoms with Crippen molar-refractivity contribution >= 4 is 23.1 Å². The summed E-state index contributed by atoms with van der Waals surface area (Å²) in [5.41, 5.74) is 11.1. The molecule has 1 heteroatoms. The molecule has 1 aliphatic rings. The van der Waals surface area contributed by atoms with E-state index in [0.717, 1.165) is 0 Å². The lowest BCUT2D eigenvalue weighted by Crippen LogP contribution is -2.48. The molecule has 0 fully saturated rings. The highest BCUT2D eigenvalue weighted by molar-refractivity contribution is 6.99. The molecule has 0 aliphatic carbocycles. The summed E-state index contributed by atoms with van der Waals surface area (Å²) in [5.74, 6) is 0. The minimum absolute atomic E-state index is 0.367. The van der Waals surface area contributed by atoms with E-state index in [-0.39, 0.29) is 0 Å². The van der Waals surface area contributed by atoms with Gasteiger partial charge in [-0.05, 0) is 31.9 Å². The number of rotatable bonds is 1. The summed E-state index contributed by atoms with van der Waals surface area (Å²) in [4.78, 5) is 0. The van der Waals surface area contributed by atoms with Crippen molar-refractivity contribution in [2.75, 3.05) is 0 Å². The molecule has 0 aromatic heterocycles. The molecule has 0 saturated heterocycles. The Bertz CT molecular complexity index is 808. The zero-order chi connectivity index (χ0) is 15.3. The summed E-state index contributed by atoms with van der Waals surface area (Å²) < 4.78 is 0. The molecule has 0 bridgehead atoms. The monoisotopic (exact) mass is 282 g/mol. The van der Waals surface area contributed by atoms with Gasteiger partial charge in [0.05, 0.1) is 0 Å². The lowest BCUT2D eigenvalue weighted by Gasteiger charge is -2.11. The summed E-state index contributed by atoms with van der Waals surface area (Å²) in [6.07, 6.45) is 0. The average Bonchev–Trinajstić information content (AvgIpc) is 2.81. The molecule has 3 aromatic rings. The molecular formula is C21H19B. The van der Waals surface area contributed by atoms with Gasteiger partial charge in [0.2, 0.25) is 6.71 Å². The van der Waals surface area contributed by atoms with Crippen molar-refractivity contribution in [3.8, 4) is 11.1 Å². The fraction of sp³-hybridized carbons (Fsp3) is 0.143. The predicted octanol–water partition coefficient (Wildman–Crippen LogP) is 3.11. The minimum atomic E-state index is 0.367. The summed E-state index contributed by atoms with van der Waals surface area (Å²) in [6, 6.07) is 22.7. The zero-order valence-electron chi connectivity index (χ0n) is 13.4. The fourth-order valence-corrected chi connectivity index (χ4v) is 3.60. The van der Waals surface area contributed by atoms with Crippen LogP contribution in [0, 0.1) is 20.8 Å². The number of benzene rings is 3. The molecule has 1 heterocycles. The molecule has 106 valence electrons. The van der Waals surface area contributed by atoms with Crippen LogP contribution in [0.25, 0.3) is 11.1 Å². The van der Waals surface area contributed by atoms with Crippen LogP contribution in [0.4, 0.5) is 0 Å². The second-order valence-electron chi connectivity index (χ2n) is 6.53. The lowest BCUT2D eigenvalue weighted by molar-refractivity contribution is 1.47. The molecule has 0 atom stereocenters. The Labute approximate surface area is 132 Å². The van der Waals surface area contributed by atoms with E-state index >= 15 is 0 Å². The van der Waals surface area contributed by atoms with Gasteiger partial charge in [0, 0.05) is 0 Å². The third-order valence-corrected chi connectivity index (χ3v) is 4.74. The highest BCUT2D eigenvalue weighted by Gasteiger charge is 2.33. The molecule has 0 nitrogen and oxygen atoms in total. The SMILES string of the molecule is Cc1ccc(B2c3ccc(C)cc3-c3cc(C)ccc32)cc1. The first-order valence-electron chi connectivity index (χ1n) is 7.91. The van der Waals surface area contributed by atoms with Crippen LogP contribution in [-0.2, 0) is 0 Å². The van der Waals surface area contributed by atoms with Crippen molar-refractivity contribution in [3.05, 3.63) is 77.4 Å². The standard InChI is InChI=1S/C21H19B/c1-14-4-8-17(9-5-14)22-20-10-6-15(2)12-18(20)19-13-16(3)7-11-21(19)22/h4-13H,1-3H3. The van der Waals surface area contributed by atoms with Crippen LogP contribution < -0.4 is 16.4 Å². The quantitative estimate of drug-likeness (QED) is 0.471. The Hall–Kier alpha value is -2.28. The van der Waals surface area contributed by atoms with Crippen LogP contribution in [0.1, 0.15) is 16.7 Å². The summed E-state index contributed by atoms with van der Waals surface area (Å²) >= 11 is 0.